The molecule has 0 aliphatic carbocycles. The van der Waals surface area contributed by atoms with E-state index in [1.165, 1.54) is 6.26 Å². The molecule has 1 aromatic heterocycles. The fraction of sp³-hybridized carbons (Fsp3) is 0.294. The minimum atomic E-state index is -0.385. The van der Waals surface area contributed by atoms with Gasteiger partial charge in [-0.25, -0.2) is 0 Å². The van der Waals surface area contributed by atoms with Gasteiger partial charge in [0.1, 0.15) is 0 Å². The number of anilines is 2. The minimum Gasteiger partial charge on any atom is -0.459 e. The van der Waals surface area contributed by atoms with Crippen molar-refractivity contribution in [1.29, 1.82) is 0 Å². The second-order valence-corrected chi connectivity index (χ2v) is 7.16. The van der Waals surface area contributed by atoms with Crippen LogP contribution in [0, 0.1) is 0 Å². The van der Waals surface area contributed by atoms with E-state index in [-0.39, 0.29) is 36.0 Å². The van der Waals surface area contributed by atoms with E-state index in [2.05, 4.69) is 16.0 Å². The van der Waals surface area contributed by atoms with Crippen molar-refractivity contribution < 1.29 is 14.0 Å². The molecule has 1 aliphatic heterocycles. The van der Waals surface area contributed by atoms with Crippen LogP contribution in [-0.4, -0.2) is 35.9 Å². The lowest BCUT2D eigenvalue weighted by atomic mass is 10.2. The van der Waals surface area contributed by atoms with Gasteiger partial charge in [0.25, 0.3) is 5.91 Å². The molecule has 1 fully saturated rings. The number of carbonyl (C=O) groups excluding carboxylic acids is 2. The van der Waals surface area contributed by atoms with Gasteiger partial charge in [-0.2, -0.15) is 11.8 Å². The Morgan fingerprint density at radius 3 is 2.81 bits per heavy atom. The molecule has 0 spiro atoms. The zero-order valence-electron chi connectivity index (χ0n) is 13.8. The largest absolute Gasteiger partial charge is 0.459 e. The van der Waals surface area contributed by atoms with E-state index in [0.717, 1.165) is 18.1 Å². The first-order chi connectivity index (χ1) is 12.1. The van der Waals surface area contributed by atoms with Crippen molar-refractivity contribution in [2.75, 3.05) is 28.7 Å². The quantitative estimate of drug-likeness (QED) is 0.693. The topological polar surface area (TPSA) is 83.4 Å². The van der Waals surface area contributed by atoms with Crippen molar-refractivity contribution in [2.45, 2.75) is 12.5 Å². The number of halogens is 2. The molecule has 1 atom stereocenters. The summed E-state index contributed by atoms with van der Waals surface area (Å²) >= 11 is 8.05. The van der Waals surface area contributed by atoms with Crippen molar-refractivity contribution >= 4 is 59.0 Å². The number of carbonyl (C=O) groups is 2. The van der Waals surface area contributed by atoms with Gasteiger partial charge >= 0.3 is 0 Å². The molecular formula is C17H19Cl2N3O3S. The molecule has 2 heterocycles. The van der Waals surface area contributed by atoms with Gasteiger partial charge in [-0.15, -0.1) is 12.4 Å². The highest BCUT2D eigenvalue weighted by Gasteiger charge is 2.17. The van der Waals surface area contributed by atoms with Crippen LogP contribution in [0.1, 0.15) is 17.0 Å². The summed E-state index contributed by atoms with van der Waals surface area (Å²) in [6.07, 6.45) is 1.84. The standard InChI is InChI=1S/C17H18ClN3O3S.ClH/c18-13-8-11(20-16(22)9-12-10-25-7-5-19-12)3-4-14(13)21-17(23)15-2-1-6-24-15;/h1-4,6,8,12,19H,5,7,9-10H2,(H,20,22)(H,21,23);1H. The number of benzene rings is 1. The lowest BCUT2D eigenvalue weighted by Gasteiger charge is -2.22. The second-order valence-electron chi connectivity index (χ2n) is 5.60. The number of furan rings is 1. The van der Waals surface area contributed by atoms with Crippen LogP contribution in [0.4, 0.5) is 11.4 Å². The molecule has 2 amide bonds. The Hall–Kier alpha value is -1.67. The van der Waals surface area contributed by atoms with E-state index in [1.807, 2.05) is 11.8 Å². The zero-order valence-corrected chi connectivity index (χ0v) is 16.2. The van der Waals surface area contributed by atoms with Gasteiger partial charge in [-0.3, -0.25) is 9.59 Å². The van der Waals surface area contributed by atoms with Gasteiger partial charge < -0.3 is 20.4 Å². The smallest absolute Gasteiger partial charge is 0.291 e. The molecule has 1 saturated heterocycles. The lowest BCUT2D eigenvalue weighted by molar-refractivity contribution is -0.116. The molecule has 1 aromatic carbocycles. The van der Waals surface area contributed by atoms with Crippen LogP contribution in [0.25, 0.3) is 0 Å². The predicted octanol–water partition coefficient (Wildman–Crippen LogP) is 3.64. The van der Waals surface area contributed by atoms with Crippen LogP contribution in [-0.2, 0) is 4.79 Å². The number of hydrogen-bond acceptors (Lipinski definition) is 5. The van der Waals surface area contributed by atoms with Gasteiger partial charge in [0.05, 0.1) is 17.0 Å². The molecule has 26 heavy (non-hydrogen) atoms. The summed E-state index contributed by atoms with van der Waals surface area (Å²) in [7, 11) is 0. The van der Waals surface area contributed by atoms with Gasteiger partial charge in [-0.05, 0) is 30.3 Å². The van der Waals surface area contributed by atoms with Gasteiger partial charge in [0.15, 0.2) is 5.76 Å². The Morgan fingerprint density at radius 1 is 1.31 bits per heavy atom. The van der Waals surface area contributed by atoms with Crippen LogP contribution in [0.15, 0.2) is 41.0 Å². The Bertz CT molecular complexity index is 750. The third-order valence-electron chi connectivity index (χ3n) is 3.68. The van der Waals surface area contributed by atoms with Crippen molar-refractivity contribution in [3.63, 3.8) is 0 Å². The van der Waals surface area contributed by atoms with Gasteiger partial charge in [-0.1, -0.05) is 11.6 Å². The van der Waals surface area contributed by atoms with Crippen LogP contribution < -0.4 is 16.0 Å². The summed E-state index contributed by atoms with van der Waals surface area (Å²) in [5.41, 5.74) is 1.04. The number of amides is 2. The third kappa shape index (κ3) is 5.67. The van der Waals surface area contributed by atoms with Crippen molar-refractivity contribution in [1.82, 2.24) is 5.32 Å². The fourth-order valence-electron chi connectivity index (χ4n) is 2.47. The van der Waals surface area contributed by atoms with Gasteiger partial charge in [0, 0.05) is 36.2 Å². The average molecular weight is 416 g/mol. The molecule has 6 nitrogen and oxygen atoms in total. The number of nitrogens with one attached hydrogen (secondary N) is 3. The van der Waals surface area contributed by atoms with Crippen molar-refractivity contribution in [3.05, 3.63) is 47.4 Å². The molecule has 3 N–H and O–H groups in total. The Kier molecular flexibility index (Phi) is 7.84. The summed E-state index contributed by atoms with van der Waals surface area (Å²) in [6.45, 7) is 0.929. The first-order valence-electron chi connectivity index (χ1n) is 7.87. The molecule has 1 aliphatic rings. The summed E-state index contributed by atoms with van der Waals surface area (Å²) in [4.78, 5) is 24.1. The second kappa shape index (κ2) is 9.87. The zero-order chi connectivity index (χ0) is 17.6. The minimum absolute atomic E-state index is 0. The summed E-state index contributed by atoms with van der Waals surface area (Å²) in [5.74, 6) is 1.77. The predicted molar refractivity (Wildman–Crippen MR) is 108 cm³/mol. The van der Waals surface area contributed by atoms with E-state index in [9.17, 15) is 9.59 Å². The van der Waals surface area contributed by atoms with E-state index >= 15 is 0 Å². The molecule has 140 valence electrons. The highest BCUT2D eigenvalue weighted by Crippen LogP contribution is 2.26. The molecule has 9 heteroatoms. The Labute approximate surface area is 166 Å². The Balaban J connectivity index is 0.00000243. The van der Waals surface area contributed by atoms with E-state index in [4.69, 9.17) is 16.0 Å². The van der Waals surface area contributed by atoms with Gasteiger partial charge in [0.2, 0.25) is 5.91 Å². The molecule has 0 saturated carbocycles. The first kappa shape index (κ1) is 20.6. The maximum absolute atomic E-state index is 12.1. The van der Waals surface area contributed by atoms with Crippen LogP contribution in [0.5, 0.6) is 0 Å². The van der Waals surface area contributed by atoms with Crippen molar-refractivity contribution in [2.24, 2.45) is 0 Å². The van der Waals surface area contributed by atoms with Crippen LogP contribution >= 0.6 is 35.8 Å². The van der Waals surface area contributed by atoms with Crippen LogP contribution in [0.2, 0.25) is 5.02 Å². The number of rotatable bonds is 5. The van der Waals surface area contributed by atoms with E-state index < -0.39 is 0 Å². The monoisotopic (exact) mass is 415 g/mol. The molecule has 0 bridgehead atoms. The molecule has 2 aromatic rings. The number of thioether (sulfide) groups is 1. The maximum Gasteiger partial charge on any atom is 0.291 e. The number of hydrogen-bond donors (Lipinski definition) is 3. The molecule has 0 radical (unpaired) electrons. The fourth-order valence-corrected chi connectivity index (χ4v) is 3.65. The first-order valence-corrected chi connectivity index (χ1v) is 9.40. The van der Waals surface area contributed by atoms with E-state index in [0.29, 0.717) is 22.8 Å². The third-order valence-corrected chi connectivity index (χ3v) is 5.12. The van der Waals surface area contributed by atoms with Crippen molar-refractivity contribution in [3.8, 4) is 0 Å². The summed E-state index contributed by atoms with van der Waals surface area (Å²) in [5, 5.41) is 9.17. The summed E-state index contributed by atoms with van der Waals surface area (Å²) < 4.78 is 5.04. The highest BCUT2D eigenvalue weighted by molar-refractivity contribution is 7.99. The molecular weight excluding hydrogens is 397 g/mol. The summed E-state index contributed by atoms with van der Waals surface area (Å²) in [6, 6.07) is 8.35. The molecule has 1 unspecified atom stereocenters. The normalized spacial score (nSPS) is 16.4. The lowest BCUT2D eigenvalue weighted by Crippen LogP contribution is -2.39. The SMILES string of the molecule is Cl.O=C(CC1CSCCN1)Nc1ccc(NC(=O)c2ccco2)c(Cl)c1. The molecule has 3 rings (SSSR count). The van der Waals surface area contributed by atoms with E-state index in [1.54, 1.807) is 30.3 Å². The van der Waals surface area contributed by atoms with Crippen LogP contribution in [0.3, 0.4) is 0 Å². The Morgan fingerprint density at radius 2 is 2.15 bits per heavy atom. The maximum atomic E-state index is 12.1. The highest BCUT2D eigenvalue weighted by atomic mass is 35.5. The average Bonchev–Trinajstić information content (AvgIpc) is 3.13.